The molecule has 1 aliphatic rings. The van der Waals surface area contributed by atoms with E-state index in [0.29, 0.717) is 24.7 Å². The Labute approximate surface area is 205 Å². The summed E-state index contributed by atoms with van der Waals surface area (Å²) in [4.78, 5) is 14.1. The van der Waals surface area contributed by atoms with Crippen molar-refractivity contribution in [2.75, 3.05) is 18.4 Å². The number of tetrazole rings is 1. The van der Waals surface area contributed by atoms with Gasteiger partial charge in [-0.15, -0.1) is 10.2 Å². The van der Waals surface area contributed by atoms with Crippen molar-refractivity contribution < 1.29 is 17.9 Å². The molecule has 1 aliphatic heterocycles. The minimum atomic E-state index is -3.67. The smallest absolute Gasteiger partial charge is 0.248 e. The number of nitrogens with one attached hydrogen (secondary N) is 1. The molecule has 11 heteroatoms. The van der Waals surface area contributed by atoms with E-state index in [9.17, 15) is 13.2 Å². The van der Waals surface area contributed by atoms with E-state index in [1.54, 1.807) is 6.07 Å². The summed E-state index contributed by atoms with van der Waals surface area (Å²) in [7, 11) is -3.67. The Balaban J connectivity index is 1.53. The van der Waals surface area contributed by atoms with Crippen molar-refractivity contribution in [2.45, 2.75) is 57.6 Å². The fourth-order valence-corrected chi connectivity index (χ4v) is 5.37. The molecule has 0 radical (unpaired) electrons. The maximum atomic E-state index is 13.1. The molecule has 1 fully saturated rings. The van der Waals surface area contributed by atoms with Gasteiger partial charge in [-0.05, 0) is 57.0 Å². The molecule has 2 heterocycles. The number of benzene rings is 2. The van der Waals surface area contributed by atoms with Crippen LogP contribution in [0.5, 0.6) is 5.75 Å². The average molecular weight is 499 g/mol. The number of anilines is 1. The van der Waals surface area contributed by atoms with E-state index in [-0.39, 0.29) is 23.2 Å². The van der Waals surface area contributed by atoms with Crippen LogP contribution in [0.4, 0.5) is 5.69 Å². The number of amides is 1. The fourth-order valence-electron chi connectivity index (χ4n) is 3.82. The second-order valence-corrected chi connectivity index (χ2v) is 10.8. The molecule has 10 nitrogen and oxygen atoms in total. The van der Waals surface area contributed by atoms with Gasteiger partial charge in [0.05, 0.1) is 16.7 Å². The number of sulfonamides is 1. The molecular weight excluding hydrogens is 468 g/mol. The lowest BCUT2D eigenvalue weighted by atomic mass is 10.1. The number of carbonyl (C=O) groups is 1. The molecule has 1 amide bonds. The zero-order chi connectivity index (χ0) is 25.0. The predicted octanol–water partition coefficient (Wildman–Crippen LogP) is 3.25. The number of aromatic nitrogens is 4. The molecular formula is C24H30N6O4S. The van der Waals surface area contributed by atoms with Gasteiger partial charge >= 0.3 is 0 Å². The largest absolute Gasteiger partial charge is 0.489 e. The zero-order valence-electron chi connectivity index (χ0n) is 20.1. The van der Waals surface area contributed by atoms with E-state index >= 15 is 0 Å². The molecule has 35 heavy (non-hydrogen) atoms. The Kier molecular flexibility index (Phi) is 7.46. The third kappa shape index (κ3) is 6.04. The highest BCUT2D eigenvalue weighted by Gasteiger charge is 2.27. The summed E-state index contributed by atoms with van der Waals surface area (Å²) >= 11 is 0. The normalized spacial score (nSPS) is 14.7. The molecule has 4 rings (SSSR count). The van der Waals surface area contributed by atoms with E-state index in [1.165, 1.54) is 21.2 Å². The van der Waals surface area contributed by atoms with Crippen molar-refractivity contribution in [3.05, 3.63) is 48.0 Å². The average Bonchev–Trinajstić information content (AvgIpc) is 3.29. The van der Waals surface area contributed by atoms with E-state index in [0.717, 1.165) is 30.4 Å². The lowest BCUT2D eigenvalue weighted by Gasteiger charge is -2.26. The Morgan fingerprint density at radius 3 is 2.49 bits per heavy atom. The minimum absolute atomic E-state index is 0.117. The fraction of sp³-hybridized carbons (Fsp3) is 0.417. The Morgan fingerprint density at radius 1 is 1.09 bits per heavy atom. The first-order valence-corrected chi connectivity index (χ1v) is 13.1. The number of hydrogen-bond donors (Lipinski definition) is 1. The monoisotopic (exact) mass is 498 g/mol. The highest BCUT2D eigenvalue weighted by Crippen LogP contribution is 2.31. The van der Waals surface area contributed by atoms with Gasteiger partial charge in [0.25, 0.3) is 0 Å². The van der Waals surface area contributed by atoms with Gasteiger partial charge in [0.2, 0.25) is 21.8 Å². The molecule has 0 unspecified atom stereocenters. The van der Waals surface area contributed by atoms with Crippen LogP contribution in [-0.2, 0) is 21.4 Å². The number of hydrogen-bond acceptors (Lipinski definition) is 7. The van der Waals surface area contributed by atoms with Crippen LogP contribution in [0.25, 0.3) is 11.4 Å². The molecule has 186 valence electrons. The van der Waals surface area contributed by atoms with Gasteiger partial charge in [-0.3, -0.25) is 4.79 Å². The van der Waals surface area contributed by atoms with E-state index in [4.69, 9.17) is 4.74 Å². The minimum Gasteiger partial charge on any atom is -0.489 e. The summed E-state index contributed by atoms with van der Waals surface area (Å²) in [6.45, 7) is 6.50. The summed E-state index contributed by atoms with van der Waals surface area (Å²) in [5.74, 6) is 0.369. The van der Waals surface area contributed by atoms with Crippen LogP contribution in [0, 0.1) is 6.92 Å². The molecule has 1 N–H and O–H groups in total. The highest BCUT2D eigenvalue weighted by molar-refractivity contribution is 7.89. The first-order valence-electron chi connectivity index (χ1n) is 11.7. The number of aryl methyl sites for hydroxylation is 1. The van der Waals surface area contributed by atoms with Gasteiger partial charge in [0.1, 0.15) is 12.3 Å². The Hall–Kier alpha value is -3.31. The van der Waals surface area contributed by atoms with Crippen molar-refractivity contribution in [3.63, 3.8) is 0 Å². The number of nitrogens with zero attached hydrogens (tertiary/aromatic N) is 5. The van der Waals surface area contributed by atoms with Crippen molar-refractivity contribution in [1.82, 2.24) is 24.5 Å². The van der Waals surface area contributed by atoms with Crippen LogP contribution in [0.2, 0.25) is 0 Å². The van der Waals surface area contributed by atoms with E-state index < -0.39 is 15.9 Å². The summed E-state index contributed by atoms with van der Waals surface area (Å²) in [5, 5.41) is 15.0. The van der Waals surface area contributed by atoms with Crippen LogP contribution < -0.4 is 10.1 Å². The van der Waals surface area contributed by atoms with Gasteiger partial charge in [-0.1, -0.05) is 36.2 Å². The quantitative estimate of drug-likeness (QED) is 0.506. The second-order valence-electron chi connectivity index (χ2n) is 8.85. The first-order chi connectivity index (χ1) is 16.7. The van der Waals surface area contributed by atoms with Crippen molar-refractivity contribution in [1.29, 1.82) is 0 Å². The van der Waals surface area contributed by atoms with Gasteiger partial charge in [-0.25, -0.2) is 8.42 Å². The molecule has 0 aliphatic carbocycles. The van der Waals surface area contributed by atoms with Crippen LogP contribution in [-0.4, -0.2) is 58.0 Å². The summed E-state index contributed by atoms with van der Waals surface area (Å²) in [6.07, 6.45) is 2.54. The Bertz CT molecular complexity index is 1280. The number of carbonyl (C=O) groups excluding carboxylic acids is 1. The SMILES string of the molecule is Cc1ccc(-c2nnn(CC(=O)Nc3cc(S(=O)(=O)N4CCCCC4)ccc3OC(C)C)n2)cc1. The van der Waals surface area contributed by atoms with Crippen LogP contribution >= 0.6 is 0 Å². The maximum Gasteiger partial charge on any atom is 0.248 e. The highest BCUT2D eigenvalue weighted by atomic mass is 32.2. The second kappa shape index (κ2) is 10.5. The summed E-state index contributed by atoms with van der Waals surface area (Å²) < 4.78 is 33.6. The number of piperidine rings is 1. The van der Waals surface area contributed by atoms with E-state index in [2.05, 4.69) is 20.7 Å². The standard InChI is InChI=1S/C24H30N6O4S/c1-17(2)34-22-12-11-20(35(32,33)29-13-5-4-6-14-29)15-21(22)25-23(31)16-30-27-24(26-28-30)19-9-7-18(3)8-10-19/h7-12,15,17H,4-6,13-14,16H2,1-3H3,(H,25,31). The van der Waals surface area contributed by atoms with Crippen LogP contribution in [0.3, 0.4) is 0 Å². The molecule has 3 aromatic rings. The summed E-state index contributed by atoms with van der Waals surface area (Å²) in [5.41, 5.74) is 2.19. The number of rotatable bonds is 8. The van der Waals surface area contributed by atoms with Gasteiger partial charge < -0.3 is 10.1 Å². The van der Waals surface area contributed by atoms with Crippen molar-refractivity contribution in [3.8, 4) is 17.1 Å². The molecule has 0 bridgehead atoms. The lowest BCUT2D eigenvalue weighted by molar-refractivity contribution is -0.117. The van der Waals surface area contributed by atoms with Crippen LogP contribution in [0.1, 0.15) is 38.7 Å². The predicted molar refractivity (Wildman–Crippen MR) is 131 cm³/mol. The van der Waals surface area contributed by atoms with Crippen molar-refractivity contribution >= 4 is 21.6 Å². The molecule has 0 saturated carbocycles. The lowest BCUT2D eigenvalue weighted by Crippen LogP contribution is -2.35. The van der Waals surface area contributed by atoms with Crippen LogP contribution in [0.15, 0.2) is 47.4 Å². The number of ether oxygens (including phenoxy) is 1. The maximum absolute atomic E-state index is 13.1. The van der Waals surface area contributed by atoms with Crippen molar-refractivity contribution in [2.24, 2.45) is 0 Å². The third-order valence-electron chi connectivity index (χ3n) is 5.59. The topological polar surface area (TPSA) is 119 Å². The Morgan fingerprint density at radius 2 is 1.80 bits per heavy atom. The molecule has 0 spiro atoms. The van der Waals surface area contributed by atoms with Gasteiger partial charge in [0, 0.05) is 18.7 Å². The first kappa shape index (κ1) is 24.8. The van der Waals surface area contributed by atoms with E-state index in [1.807, 2.05) is 45.0 Å². The van der Waals surface area contributed by atoms with Gasteiger partial charge in [-0.2, -0.15) is 9.10 Å². The molecule has 0 atom stereocenters. The molecule has 1 saturated heterocycles. The summed E-state index contributed by atoms with van der Waals surface area (Å²) in [6, 6.07) is 12.2. The third-order valence-corrected chi connectivity index (χ3v) is 7.48. The molecule has 1 aromatic heterocycles. The zero-order valence-corrected chi connectivity index (χ0v) is 21.0. The molecule has 2 aromatic carbocycles. The van der Waals surface area contributed by atoms with Gasteiger partial charge in [0.15, 0.2) is 0 Å².